The molecule has 102 valence electrons. The van der Waals surface area contributed by atoms with Crippen LogP contribution in [0.5, 0.6) is 0 Å². The van der Waals surface area contributed by atoms with Crippen molar-refractivity contribution in [3.8, 4) is 0 Å². The Kier molecular flexibility index (Phi) is 8.15. The molecule has 0 bridgehead atoms. The Labute approximate surface area is 108 Å². The lowest BCUT2D eigenvalue weighted by molar-refractivity contribution is 0.541. The standard InChI is InChI=1S/C11H23N7/c12-3-1-4-14-6-7-15-5-2-10(13)11-17-8-16-9-18-11/h8-10,14-15H,1-7,12-13H2. The third kappa shape index (κ3) is 6.55. The number of hydrogen-bond acceptors (Lipinski definition) is 7. The van der Waals surface area contributed by atoms with Crippen LogP contribution >= 0.6 is 0 Å². The van der Waals surface area contributed by atoms with Crippen molar-refractivity contribution < 1.29 is 0 Å². The summed E-state index contributed by atoms with van der Waals surface area (Å²) in [5.74, 6) is 0.646. The van der Waals surface area contributed by atoms with Crippen molar-refractivity contribution in [2.24, 2.45) is 11.5 Å². The van der Waals surface area contributed by atoms with E-state index < -0.39 is 0 Å². The largest absolute Gasteiger partial charge is 0.330 e. The number of nitrogens with zero attached hydrogens (tertiary/aromatic N) is 3. The lowest BCUT2D eigenvalue weighted by Gasteiger charge is -2.10. The fraction of sp³-hybridized carbons (Fsp3) is 0.727. The van der Waals surface area contributed by atoms with E-state index >= 15 is 0 Å². The van der Waals surface area contributed by atoms with Gasteiger partial charge in [-0.25, -0.2) is 15.0 Å². The van der Waals surface area contributed by atoms with Gasteiger partial charge in [0.15, 0.2) is 0 Å². The predicted octanol–water partition coefficient (Wildman–Crippen LogP) is -1.21. The number of aromatic nitrogens is 3. The quantitative estimate of drug-likeness (QED) is 0.387. The maximum absolute atomic E-state index is 5.95. The summed E-state index contributed by atoms with van der Waals surface area (Å²) in [6.45, 7) is 4.44. The molecule has 0 aliphatic rings. The van der Waals surface area contributed by atoms with Crippen LogP contribution in [0.3, 0.4) is 0 Å². The SMILES string of the molecule is NCCCNCCNCCC(N)c1ncncn1. The molecule has 0 saturated carbocycles. The van der Waals surface area contributed by atoms with E-state index in [9.17, 15) is 0 Å². The fourth-order valence-corrected chi connectivity index (χ4v) is 1.48. The van der Waals surface area contributed by atoms with E-state index in [0.717, 1.165) is 45.6 Å². The van der Waals surface area contributed by atoms with Gasteiger partial charge in [0.25, 0.3) is 0 Å². The number of nitrogens with two attached hydrogens (primary N) is 2. The molecule has 1 aromatic heterocycles. The van der Waals surface area contributed by atoms with E-state index in [0.29, 0.717) is 5.82 Å². The Bertz CT molecular complexity index is 293. The first-order chi connectivity index (χ1) is 8.84. The summed E-state index contributed by atoms with van der Waals surface area (Å²) in [5.41, 5.74) is 11.3. The highest BCUT2D eigenvalue weighted by Crippen LogP contribution is 2.05. The molecule has 6 N–H and O–H groups in total. The molecule has 0 radical (unpaired) electrons. The molecule has 18 heavy (non-hydrogen) atoms. The fourth-order valence-electron chi connectivity index (χ4n) is 1.48. The van der Waals surface area contributed by atoms with Gasteiger partial charge in [0.2, 0.25) is 0 Å². The smallest absolute Gasteiger partial charge is 0.148 e. The normalized spacial score (nSPS) is 12.6. The second-order valence-electron chi connectivity index (χ2n) is 4.03. The minimum absolute atomic E-state index is 0.134. The van der Waals surface area contributed by atoms with Gasteiger partial charge in [-0.3, -0.25) is 0 Å². The van der Waals surface area contributed by atoms with Crippen LogP contribution in [0.25, 0.3) is 0 Å². The molecular formula is C11H23N7. The van der Waals surface area contributed by atoms with Crippen molar-refractivity contribution in [3.63, 3.8) is 0 Å². The van der Waals surface area contributed by atoms with E-state index in [4.69, 9.17) is 11.5 Å². The molecule has 7 nitrogen and oxygen atoms in total. The number of hydrogen-bond donors (Lipinski definition) is 4. The van der Waals surface area contributed by atoms with Gasteiger partial charge in [0.1, 0.15) is 18.5 Å². The van der Waals surface area contributed by atoms with Crippen LogP contribution in [0.2, 0.25) is 0 Å². The van der Waals surface area contributed by atoms with Crippen LogP contribution in [0.15, 0.2) is 12.7 Å². The predicted molar refractivity (Wildman–Crippen MR) is 70.8 cm³/mol. The van der Waals surface area contributed by atoms with Gasteiger partial charge in [-0.05, 0) is 32.5 Å². The third-order valence-electron chi connectivity index (χ3n) is 2.51. The van der Waals surface area contributed by atoms with Crippen molar-refractivity contribution in [3.05, 3.63) is 18.5 Å². The van der Waals surface area contributed by atoms with E-state index in [1.807, 2.05) is 0 Å². The summed E-state index contributed by atoms with van der Waals surface area (Å²) < 4.78 is 0. The van der Waals surface area contributed by atoms with Crippen molar-refractivity contribution >= 4 is 0 Å². The van der Waals surface area contributed by atoms with Gasteiger partial charge in [-0.15, -0.1) is 0 Å². The Morgan fingerprint density at radius 1 is 1.06 bits per heavy atom. The Morgan fingerprint density at radius 2 is 1.72 bits per heavy atom. The van der Waals surface area contributed by atoms with Gasteiger partial charge in [-0.1, -0.05) is 0 Å². The maximum Gasteiger partial charge on any atom is 0.148 e. The first kappa shape index (κ1) is 14.9. The van der Waals surface area contributed by atoms with Crippen LogP contribution in [0.1, 0.15) is 24.7 Å². The highest BCUT2D eigenvalue weighted by Gasteiger charge is 2.07. The molecule has 0 saturated heterocycles. The van der Waals surface area contributed by atoms with E-state index in [-0.39, 0.29) is 6.04 Å². The molecule has 0 spiro atoms. The van der Waals surface area contributed by atoms with Crippen LogP contribution in [0, 0.1) is 0 Å². The molecule has 1 unspecified atom stereocenters. The van der Waals surface area contributed by atoms with Gasteiger partial charge in [0.05, 0.1) is 6.04 Å². The summed E-state index contributed by atoms with van der Waals surface area (Å²) in [5, 5.41) is 6.62. The zero-order chi connectivity index (χ0) is 13.1. The third-order valence-corrected chi connectivity index (χ3v) is 2.51. The summed E-state index contributed by atoms with van der Waals surface area (Å²) in [6.07, 6.45) is 4.77. The monoisotopic (exact) mass is 253 g/mol. The van der Waals surface area contributed by atoms with Crippen LogP contribution in [0.4, 0.5) is 0 Å². The molecule has 1 aromatic rings. The van der Waals surface area contributed by atoms with Gasteiger partial charge in [-0.2, -0.15) is 0 Å². The summed E-state index contributed by atoms with van der Waals surface area (Å²) in [7, 11) is 0. The van der Waals surface area contributed by atoms with Gasteiger partial charge >= 0.3 is 0 Å². The topological polar surface area (TPSA) is 115 Å². The van der Waals surface area contributed by atoms with Gasteiger partial charge < -0.3 is 22.1 Å². The molecule has 0 aromatic carbocycles. The number of rotatable bonds is 10. The molecule has 1 atom stereocenters. The summed E-state index contributed by atoms with van der Waals surface area (Å²) in [4.78, 5) is 11.8. The maximum atomic E-state index is 5.95. The average molecular weight is 253 g/mol. The summed E-state index contributed by atoms with van der Waals surface area (Å²) in [6, 6.07) is -0.134. The van der Waals surface area contributed by atoms with E-state index in [2.05, 4.69) is 25.6 Å². The molecule has 0 aliphatic carbocycles. The zero-order valence-corrected chi connectivity index (χ0v) is 10.7. The minimum Gasteiger partial charge on any atom is -0.330 e. The van der Waals surface area contributed by atoms with Crippen molar-refractivity contribution in [2.45, 2.75) is 18.9 Å². The molecule has 1 rings (SSSR count). The summed E-state index contributed by atoms with van der Waals surface area (Å²) >= 11 is 0. The lowest BCUT2D eigenvalue weighted by Crippen LogP contribution is -2.30. The molecule has 1 heterocycles. The van der Waals surface area contributed by atoms with Crippen LogP contribution in [-0.4, -0.2) is 47.7 Å². The minimum atomic E-state index is -0.134. The second-order valence-corrected chi connectivity index (χ2v) is 4.03. The molecule has 0 amide bonds. The lowest BCUT2D eigenvalue weighted by atomic mass is 10.2. The first-order valence-corrected chi connectivity index (χ1v) is 6.33. The molecule has 0 aliphatic heterocycles. The highest BCUT2D eigenvalue weighted by atomic mass is 15.0. The van der Waals surface area contributed by atoms with Crippen LogP contribution in [-0.2, 0) is 0 Å². The molecule has 7 heteroatoms. The first-order valence-electron chi connectivity index (χ1n) is 6.33. The van der Waals surface area contributed by atoms with E-state index in [1.165, 1.54) is 12.7 Å². The Balaban J connectivity index is 1.98. The van der Waals surface area contributed by atoms with Gasteiger partial charge in [0, 0.05) is 13.1 Å². The van der Waals surface area contributed by atoms with Crippen LogP contribution < -0.4 is 22.1 Å². The highest BCUT2D eigenvalue weighted by molar-refractivity contribution is 4.90. The average Bonchev–Trinajstić information content (AvgIpc) is 2.42. The Hall–Kier alpha value is -1.15. The number of nitrogens with one attached hydrogen (secondary N) is 2. The second kappa shape index (κ2) is 9.84. The molecule has 0 fully saturated rings. The van der Waals surface area contributed by atoms with Crippen molar-refractivity contribution in [1.29, 1.82) is 0 Å². The van der Waals surface area contributed by atoms with Crippen molar-refractivity contribution in [2.75, 3.05) is 32.7 Å². The van der Waals surface area contributed by atoms with Crippen molar-refractivity contribution in [1.82, 2.24) is 25.6 Å². The molecular weight excluding hydrogens is 230 g/mol. The Morgan fingerprint density at radius 3 is 2.39 bits per heavy atom. The van der Waals surface area contributed by atoms with E-state index in [1.54, 1.807) is 0 Å². The zero-order valence-electron chi connectivity index (χ0n) is 10.7.